The summed E-state index contributed by atoms with van der Waals surface area (Å²) in [6.45, 7) is 4.00. The monoisotopic (exact) mass is 251 g/mol. The van der Waals surface area contributed by atoms with Crippen molar-refractivity contribution in [3.05, 3.63) is 29.3 Å². The first-order valence-electron chi connectivity index (χ1n) is 5.66. The van der Waals surface area contributed by atoms with Gasteiger partial charge < -0.3 is 15.5 Å². The minimum Gasteiger partial charge on any atom is -0.481 e. The first-order chi connectivity index (χ1) is 8.40. The lowest BCUT2D eigenvalue weighted by Crippen LogP contribution is -2.25. The van der Waals surface area contributed by atoms with Crippen LogP contribution < -0.4 is 5.32 Å². The zero-order valence-corrected chi connectivity index (χ0v) is 10.4. The van der Waals surface area contributed by atoms with E-state index in [-0.39, 0.29) is 13.0 Å². The van der Waals surface area contributed by atoms with E-state index in [0.717, 1.165) is 16.8 Å². The van der Waals surface area contributed by atoms with E-state index in [1.54, 1.807) is 0 Å². The molecule has 0 amide bonds. The van der Waals surface area contributed by atoms with Crippen molar-refractivity contribution in [3.63, 3.8) is 0 Å². The second kappa shape index (κ2) is 6.05. The van der Waals surface area contributed by atoms with Crippen LogP contribution in [-0.4, -0.2) is 28.7 Å². The number of aryl methyl sites for hydroxylation is 2. The Bertz CT molecular complexity index is 456. The Morgan fingerprint density at radius 2 is 1.94 bits per heavy atom. The molecule has 1 aromatic rings. The predicted molar refractivity (Wildman–Crippen MR) is 67.8 cm³/mol. The largest absolute Gasteiger partial charge is 0.481 e. The molecule has 0 saturated heterocycles. The second-order valence-electron chi connectivity index (χ2n) is 4.33. The Kier molecular flexibility index (Phi) is 4.71. The molecule has 0 aliphatic rings. The Morgan fingerprint density at radius 1 is 1.28 bits per heavy atom. The SMILES string of the molecule is Cc1ccc(NCC(CC(=O)O)C(=O)O)c(C)c1. The Labute approximate surface area is 105 Å². The number of carbonyl (C=O) groups is 2. The van der Waals surface area contributed by atoms with Crippen molar-refractivity contribution < 1.29 is 19.8 Å². The first kappa shape index (κ1) is 14.0. The van der Waals surface area contributed by atoms with Gasteiger partial charge in [0.05, 0.1) is 12.3 Å². The van der Waals surface area contributed by atoms with Crippen molar-refractivity contribution >= 4 is 17.6 Å². The van der Waals surface area contributed by atoms with E-state index in [1.807, 2.05) is 32.0 Å². The number of hydrogen-bond donors (Lipinski definition) is 3. The van der Waals surface area contributed by atoms with E-state index in [1.165, 1.54) is 0 Å². The van der Waals surface area contributed by atoms with Gasteiger partial charge in [0.25, 0.3) is 0 Å². The van der Waals surface area contributed by atoms with Gasteiger partial charge in [0.15, 0.2) is 0 Å². The van der Waals surface area contributed by atoms with Crippen molar-refractivity contribution in [2.45, 2.75) is 20.3 Å². The molecule has 0 spiro atoms. The fourth-order valence-electron chi connectivity index (χ4n) is 1.70. The second-order valence-corrected chi connectivity index (χ2v) is 4.33. The van der Waals surface area contributed by atoms with Crippen molar-refractivity contribution in [3.8, 4) is 0 Å². The van der Waals surface area contributed by atoms with Crippen LogP contribution in [0.2, 0.25) is 0 Å². The van der Waals surface area contributed by atoms with Gasteiger partial charge in [0.1, 0.15) is 0 Å². The van der Waals surface area contributed by atoms with E-state index >= 15 is 0 Å². The van der Waals surface area contributed by atoms with Gasteiger partial charge in [-0.1, -0.05) is 17.7 Å². The predicted octanol–water partition coefficient (Wildman–Crippen LogP) is 1.89. The van der Waals surface area contributed by atoms with Gasteiger partial charge in [0.2, 0.25) is 0 Å². The highest BCUT2D eigenvalue weighted by Crippen LogP contribution is 2.17. The molecule has 3 N–H and O–H groups in total. The van der Waals surface area contributed by atoms with Crippen LogP contribution in [0.25, 0.3) is 0 Å². The molecule has 5 nitrogen and oxygen atoms in total. The Balaban J connectivity index is 2.66. The van der Waals surface area contributed by atoms with Crippen LogP contribution in [0.5, 0.6) is 0 Å². The number of aliphatic carboxylic acids is 2. The first-order valence-corrected chi connectivity index (χ1v) is 5.66. The standard InChI is InChI=1S/C13H17NO4/c1-8-3-4-11(9(2)5-8)14-7-10(13(17)18)6-12(15)16/h3-5,10,14H,6-7H2,1-2H3,(H,15,16)(H,17,18). The molecule has 0 heterocycles. The maximum absolute atomic E-state index is 10.9. The lowest BCUT2D eigenvalue weighted by molar-refractivity contribution is -0.147. The lowest BCUT2D eigenvalue weighted by atomic mass is 10.1. The molecule has 0 aromatic heterocycles. The summed E-state index contributed by atoms with van der Waals surface area (Å²) in [5.41, 5.74) is 2.96. The molecular weight excluding hydrogens is 234 g/mol. The summed E-state index contributed by atoms with van der Waals surface area (Å²) in [6, 6.07) is 5.77. The van der Waals surface area contributed by atoms with E-state index in [9.17, 15) is 9.59 Å². The smallest absolute Gasteiger partial charge is 0.308 e. The number of carboxylic acids is 2. The van der Waals surface area contributed by atoms with Gasteiger partial charge in [-0.25, -0.2) is 0 Å². The molecule has 0 saturated carbocycles. The molecule has 5 heteroatoms. The van der Waals surface area contributed by atoms with Crippen LogP contribution in [0.15, 0.2) is 18.2 Å². The molecule has 1 atom stereocenters. The van der Waals surface area contributed by atoms with Crippen molar-refractivity contribution in [1.82, 2.24) is 0 Å². The van der Waals surface area contributed by atoms with E-state index in [0.29, 0.717) is 0 Å². The zero-order chi connectivity index (χ0) is 13.7. The lowest BCUT2D eigenvalue weighted by Gasteiger charge is -2.14. The molecule has 0 fully saturated rings. The van der Waals surface area contributed by atoms with Crippen LogP contribution in [0.1, 0.15) is 17.5 Å². The van der Waals surface area contributed by atoms with Gasteiger partial charge in [-0.05, 0) is 25.5 Å². The molecule has 0 radical (unpaired) electrons. The summed E-state index contributed by atoms with van der Waals surface area (Å²) in [4.78, 5) is 21.4. The minimum atomic E-state index is -1.11. The van der Waals surface area contributed by atoms with Crippen LogP contribution in [-0.2, 0) is 9.59 Å². The highest BCUT2D eigenvalue weighted by atomic mass is 16.4. The van der Waals surface area contributed by atoms with E-state index < -0.39 is 17.9 Å². The number of carboxylic acid groups (broad SMARTS) is 2. The van der Waals surface area contributed by atoms with Crippen LogP contribution in [0.4, 0.5) is 5.69 Å². The number of nitrogens with one attached hydrogen (secondary N) is 1. The third-order valence-electron chi connectivity index (χ3n) is 2.69. The molecule has 1 aromatic carbocycles. The Hall–Kier alpha value is -2.04. The number of anilines is 1. The molecule has 0 aliphatic carbocycles. The average molecular weight is 251 g/mol. The molecule has 1 unspecified atom stereocenters. The van der Waals surface area contributed by atoms with Gasteiger partial charge >= 0.3 is 11.9 Å². The van der Waals surface area contributed by atoms with Gasteiger partial charge in [-0.3, -0.25) is 9.59 Å². The third kappa shape index (κ3) is 4.08. The van der Waals surface area contributed by atoms with Crippen molar-refractivity contribution in [1.29, 1.82) is 0 Å². The fourth-order valence-corrected chi connectivity index (χ4v) is 1.70. The molecule has 98 valence electrons. The molecule has 0 aliphatic heterocycles. The third-order valence-corrected chi connectivity index (χ3v) is 2.69. The molecule has 18 heavy (non-hydrogen) atoms. The van der Waals surface area contributed by atoms with E-state index in [2.05, 4.69) is 5.32 Å². The molecule has 0 bridgehead atoms. The summed E-state index contributed by atoms with van der Waals surface area (Å²) in [5, 5.41) is 20.5. The number of hydrogen-bond acceptors (Lipinski definition) is 3. The quantitative estimate of drug-likeness (QED) is 0.718. The maximum Gasteiger partial charge on any atom is 0.308 e. The summed E-state index contributed by atoms with van der Waals surface area (Å²) < 4.78 is 0. The normalized spacial score (nSPS) is 11.9. The number of rotatable bonds is 6. The molecular formula is C13H17NO4. The summed E-state index contributed by atoms with van der Waals surface area (Å²) in [6.07, 6.45) is -0.382. The summed E-state index contributed by atoms with van der Waals surface area (Å²) >= 11 is 0. The zero-order valence-electron chi connectivity index (χ0n) is 10.4. The number of benzene rings is 1. The fraction of sp³-hybridized carbons (Fsp3) is 0.385. The maximum atomic E-state index is 10.9. The Morgan fingerprint density at radius 3 is 2.44 bits per heavy atom. The average Bonchev–Trinajstić information content (AvgIpc) is 2.25. The van der Waals surface area contributed by atoms with Crippen LogP contribution >= 0.6 is 0 Å². The molecule has 1 rings (SSSR count). The topological polar surface area (TPSA) is 86.6 Å². The summed E-state index contributed by atoms with van der Waals surface area (Å²) in [7, 11) is 0. The van der Waals surface area contributed by atoms with E-state index in [4.69, 9.17) is 10.2 Å². The van der Waals surface area contributed by atoms with Crippen LogP contribution in [0, 0.1) is 19.8 Å². The highest BCUT2D eigenvalue weighted by molar-refractivity contribution is 5.78. The van der Waals surface area contributed by atoms with Crippen molar-refractivity contribution in [2.75, 3.05) is 11.9 Å². The summed E-state index contributed by atoms with van der Waals surface area (Å²) in [5.74, 6) is -3.14. The highest BCUT2D eigenvalue weighted by Gasteiger charge is 2.20. The van der Waals surface area contributed by atoms with Crippen LogP contribution in [0.3, 0.4) is 0 Å². The van der Waals surface area contributed by atoms with Crippen molar-refractivity contribution in [2.24, 2.45) is 5.92 Å². The minimum absolute atomic E-state index is 0.103. The van der Waals surface area contributed by atoms with Gasteiger partial charge in [-0.2, -0.15) is 0 Å². The van der Waals surface area contributed by atoms with Gasteiger partial charge in [0, 0.05) is 12.2 Å². The van der Waals surface area contributed by atoms with Gasteiger partial charge in [-0.15, -0.1) is 0 Å².